The molecule has 650 valence electrons. The van der Waals surface area contributed by atoms with Crippen molar-refractivity contribution >= 4 is 200 Å². The molecule has 0 saturated carbocycles. The SMILES string of the molecule is Brc1ccc2c(c1)oc1cc(-c3ccccc3-c3ccccc3)ccc12.Brc1ccc2c(c1)oc1cc(Br)ccc12.OB(O)c1ccccc1-c1ccccc1.[Pd].c1ccc(P(c2ccccc2)c2ccccc2)cc1.c1ccc(P(c2ccccc2)c2ccccc2)cc1.c1ccc(P(c2ccccc2)c2ccccc2)cc1.c1ccc(P(c2ccccc2)c2ccccc2)cc1. The maximum atomic E-state index is 9.22. The molecule has 0 aliphatic rings. The summed E-state index contributed by atoms with van der Waals surface area (Å²) >= 11 is 10.4. The first kappa shape index (κ1) is 95.4. The van der Waals surface area contributed by atoms with Gasteiger partial charge in [-0.3, -0.25) is 0 Å². The molecule has 0 fully saturated rings. The Kier molecular flexibility index (Phi) is 35.5. The third kappa shape index (κ3) is 25.8. The Balaban J connectivity index is 0.000000119. The Bertz CT molecular complexity index is 6350. The smallest absolute Gasteiger partial charge is 0.456 e. The van der Waals surface area contributed by atoms with E-state index < -0.39 is 38.8 Å². The summed E-state index contributed by atoms with van der Waals surface area (Å²) in [5, 5.41) is 39.8. The zero-order valence-electron chi connectivity index (χ0n) is 72.5. The van der Waals surface area contributed by atoms with E-state index in [0.29, 0.717) is 5.46 Å². The summed E-state index contributed by atoms with van der Waals surface area (Å²) in [6, 6.07) is 190. The van der Waals surface area contributed by atoms with Gasteiger partial charge in [0.2, 0.25) is 0 Å². The van der Waals surface area contributed by atoms with Crippen LogP contribution in [-0.4, -0.2) is 17.2 Å². The molecule has 0 unspecified atom stereocenters. The van der Waals surface area contributed by atoms with Gasteiger partial charge in [0.05, 0.1) is 0 Å². The fourth-order valence-electron chi connectivity index (χ4n) is 15.6. The molecule has 0 saturated heterocycles. The van der Waals surface area contributed by atoms with Crippen LogP contribution in [0.4, 0.5) is 0 Å². The Morgan fingerprint density at radius 1 is 0.173 bits per heavy atom. The minimum absolute atomic E-state index is 0. The van der Waals surface area contributed by atoms with Crippen LogP contribution in [0.2, 0.25) is 0 Å². The molecule has 0 aliphatic carbocycles. The van der Waals surface area contributed by atoms with Crippen molar-refractivity contribution in [2.75, 3.05) is 0 Å². The number of furan rings is 2. The van der Waals surface area contributed by atoms with Gasteiger partial charge in [0.1, 0.15) is 22.3 Å². The zero-order chi connectivity index (χ0) is 90.3. The van der Waals surface area contributed by atoms with E-state index in [9.17, 15) is 10.0 Å². The van der Waals surface area contributed by atoms with Gasteiger partial charge >= 0.3 is 7.12 Å². The summed E-state index contributed by atoms with van der Waals surface area (Å²) in [5.41, 5.74) is 10.8. The maximum absolute atomic E-state index is 9.22. The molecule has 0 aliphatic heterocycles. The van der Waals surface area contributed by atoms with Crippen LogP contribution < -0.4 is 69.1 Å². The van der Waals surface area contributed by atoms with E-state index in [-0.39, 0.29) is 20.4 Å². The molecule has 0 bridgehead atoms. The molecule has 4 nitrogen and oxygen atoms in total. The fraction of sp³-hybridized carbons (Fsp3) is 0. The van der Waals surface area contributed by atoms with Gasteiger partial charge in [0.15, 0.2) is 0 Å². The molecule has 20 aromatic carbocycles. The van der Waals surface area contributed by atoms with Crippen LogP contribution in [0.15, 0.2) is 568 Å². The average Bonchev–Trinajstić information content (AvgIpc) is 1.63. The molecule has 133 heavy (non-hydrogen) atoms. The summed E-state index contributed by atoms with van der Waals surface area (Å²) in [4.78, 5) is 0. The normalized spacial score (nSPS) is 10.7. The predicted molar refractivity (Wildman–Crippen MR) is 584 cm³/mol. The number of benzene rings is 20. The third-order valence-electron chi connectivity index (χ3n) is 21.7. The monoisotopic (exact) mass is 2070 g/mol. The van der Waals surface area contributed by atoms with Crippen LogP contribution in [0.3, 0.4) is 0 Å². The summed E-state index contributed by atoms with van der Waals surface area (Å²) in [5.74, 6) is 0. The van der Waals surface area contributed by atoms with Crippen molar-refractivity contribution in [1.29, 1.82) is 0 Å². The van der Waals surface area contributed by atoms with Crippen LogP contribution in [0.5, 0.6) is 0 Å². The first-order valence-electron chi connectivity index (χ1n) is 43.5. The molecule has 22 aromatic rings. The molecule has 0 amide bonds. The van der Waals surface area contributed by atoms with E-state index in [1.807, 2.05) is 78.9 Å². The third-order valence-corrected chi connectivity index (χ3v) is 32.9. The summed E-state index contributed by atoms with van der Waals surface area (Å²) in [6.07, 6.45) is 0. The second kappa shape index (κ2) is 49.5. The van der Waals surface area contributed by atoms with Crippen LogP contribution in [0, 0.1) is 0 Å². The molecular formula is C120H92BBr3O4P4Pd. The number of rotatable bonds is 16. The number of hydrogen-bond acceptors (Lipinski definition) is 4. The average molecular weight is 2080 g/mol. The molecule has 22 rings (SSSR count). The number of fused-ring (bicyclic) bond motifs is 6. The van der Waals surface area contributed by atoms with Gasteiger partial charge < -0.3 is 18.9 Å². The first-order chi connectivity index (χ1) is 65.1. The topological polar surface area (TPSA) is 66.7 Å². The molecule has 0 spiro atoms. The Labute approximate surface area is 824 Å². The van der Waals surface area contributed by atoms with Gasteiger partial charge in [-0.1, -0.05) is 527 Å². The van der Waals surface area contributed by atoms with Crippen molar-refractivity contribution in [2.45, 2.75) is 0 Å². The van der Waals surface area contributed by atoms with Gasteiger partial charge in [-0.05, 0) is 201 Å². The molecular weight excluding hydrogens is 1990 g/mol. The van der Waals surface area contributed by atoms with E-state index in [4.69, 9.17) is 8.83 Å². The van der Waals surface area contributed by atoms with Crippen molar-refractivity contribution in [1.82, 2.24) is 0 Å². The Morgan fingerprint density at radius 3 is 0.571 bits per heavy atom. The second-order valence-corrected chi connectivity index (χ2v) is 42.1. The zero-order valence-corrected chi connectivity index (χ0v) is 82.4. The van der Waals surface area contributed by atoms with E-state index in [2.05, 4.69) is 503 Å². The predicted octanol–water partition coefficient (Wildman–Crippen LogP) is 27.6. The Hall–Kier alpha value is -12.2. The van der Waals surface area contributed by atoms with E-state index in [0.717, 1.165) is 74.0 Å². The standard InChI is InChI=1S/C24H15BrO.4C18H15P.C12H11BO2.C12H6Br2O.Pd/c25-18-11-13-22-21-12-10-17(14-23(21)26-24(22)15-18)20-9-5-4-8-19(20)16-6-2-1-3-7-16;4*1-4-10-16(11-5-1)19(17-12-6-2-7-13-17)18-14-8-3-9-15-18;14-13(15)12-9-5-4-8-11(12)10-6-2-1-3-7-10;13-7-1-3-9-10-4-2-8(14)6-12(10)15-11(9)5-7;/h1-15H;4*1-15H;1-9,14-15H;1-6H;. The van der Waals surface area contributed by atoms with Crippen molar-refractivity contribution in [2.24, 2.45) is 0 Å². The number of hydrogen-bond donors (Lipinski definition) is 2. The largest absolute Gasteiger partial charge is 0.489 e. The van der Waals surface area contributed by atoms with Crippen molar-refractivity contribution in [3.05, 3.63) is 559 Å². The molecule has 2 heterocycles. The van der Waals surface area contributed by atoms with Crippen LogP contribution in [0.1, 0.15) is 0 Å². The minimum Gasteiger partial charge on any atom is -0.456 e. The first-order valence-corrected chi connectivity index (χ1v) is 51.2. The Morgan fingerprint density at radius 2 is 0.346 bits per heavy atom. The van der Waals surface area contributed by atoms with E-state index in [1.165, 1.54) is 80.3 Å². The van der Waals surface area contributed by atoms with E-state index in [1.54, 1.807) is 12.1 Å². The van der Waals surface area contributed by atoms with Gasteiger partial charge in [0.25, 0.3) is 0 Å². The van der Waals surface area contributed by atoms with E-state index >= 15 is 0 Å². The van der Waals surface area contributed by atoms with Gasteiger partial charge in [-0.15, -0.1) is 0 Å². The molecule has 2 aromatic heterocycles. The molecule has 13 heteroatoms. The summed E-state index contributed by atoms with van der Waals surface area (Å²) in [7, 11) is -3.21. The fourth-order valence-corrected chi connectivity index (χ4v) is 25.8. The van der Waals surface area contributed by atoms with Crippen molar-refractivity contribution in [3.8, 4) is 33.4 Å². The van der Waals surface area contributed by atoms with Crippen molar-refractivity contribution in [3.63, 3.8) is 0 Å². The molecule has 0 atom stereocenters. The summed E-state index contributed by atoms with van der Waals surface area (Å²) < 4.78 is 15.0. The maximum Gasteiger partial charge on any atom is 0.489 e. The van der Waals surface area contributed by atoms with Crippen LogP contribution in [0.25, 0.3) is 77.3 Å². The van der Waals surface area contributed by atoms with Gasteiger partial charge in [0, 0.05) is 55.4 Å². The quantitative estimate of drug-likeness (QED) is 0.0747. The second-order valence-electron chi connectivity index (χ2n) is 30.4. The number of halogens is 3. The van der Waals surface area contributed by atoms with Crippen LogP contribution >= 0.6 is 79.5 Å². The van der Waals surface area contributed by atoms with Crippen LogP contribution in [-0.2, 0) is 20.4 Å². The van der Waals surface area contributed by atoms with Gasteiger partial charge in [-0.2, -0.15) is 0 Å². The molecule has 0 radical (unpaired) electrons. The summed E-state index contributed by atoms with van der Waals surface area (Å²) in [6.45, 7) is 0. The van der Waals surface area contributed by atoms with Crippen molar-refractivity contribution < 1.29 is 39.3 Å². The van der Waals surface area contributed by atoms with Gasteiger partial charge in [-0.25, -0.2) is 0 Å². The minimum atomic E-state index is -1.43. The molecule has 2 N–H and O–H groups in total.